The first-order chi connectivity index (χ1) is 18.2. The number of rotatable bonds is 8. The summed E-state index contributed by atoms with van der Waals surface area (Å²) in [5.41, 5.74) is 3.29. The van der Waals surface area contributed by atoms with Crippen LogP contribution in [0.2, 0.25) is 5.02 Å². The SMILES string of the molecule is CCn1c(NCc2ccc(Oc3cnc(C(F)(F)F)cn3)cc2)nc2ccc(Nc3n[nH]c(C)c3Cl)cc21. The van der Waals surface area contributed by atoms with Crippen LogP contribution < -0.4 is 15.4 Å². The summed E-state index contributed by atoms with van der Waals surface area (Å²) in [4.78, 5) is 11.7. The Morgan fingerprint density at radius 3 is 2.50 bits per heavy atom. The zero-order valence-corrected chi connectivity index (χ0v) is 21.0. The van der Waals surface area contributed by atoms with Gasteiger partial charge in [-0.1, -0.05) is 23.7 Å². The Labute approximate surface area is 220 Å². The summed E-state index contributed by atoms with van der Waals surface area (Å²) in [6.45, 7) is 5.08. The lowest BCUT2D eigenvalue weighted by Gasteiger charge is -2.10. The fraction of sp³-hybridized carbons (Fsp3) is 0.200. The van der Waals surface area contributed by atoms with Gasteiger partial charge < -0.3 is 19.9 Å². The molecular weight excluding hydrogens is 521 g/mol. The van der Waals surface area contributed by atoms with E-state index in [1.54, 1.807) is 12.1 Å². The molecule has 0 aliphatic rings. The van der Waals surface area contributed by atoms with Crippen LogP contribution in [0.1, 0.15) is 23.9 Å². The lowest BCUT2D eigenvalue weighted by Crippen LogP contribution is -2.08. The number of hydrogen-bond donors (Lipinski definition) is 3. The van der Waals surface area contributed by atoms with Crippen LogP contribution in [0.25, 0.3) is 11.0 Å². The summed E-state index contributed by atoms with van der Waals surface area (Å²) in [6, 6.07) is 12.9. The van der Waals surface area contributed by atoms with Gasteiger partial charge in [0.25, 0.3) is 0 Å². The third-order valence-electron chi connectivity index (χ3n) is 5.71. The van der Waals surface area contributed by atoms with Gasteiger partial charge in [-0.15, -0.1) is 0 Å². The molecule has 9 nitrogen and oxygen atoms in total. The molecule has 3 heterocycles. The van der Waals surface area contributed by atoms with Gasteiger partial charge in [0.15, 0.2) is 11.5 Å². The molecule has 5 aromatic rings. The highest BCUT2D eigenvalue weighted by atomic mass is 35.5. The van der Waals surface area contributed by atoms with Crippen LogP contribution in [0.3, 0.4) is 0 Å². The normalized spacial score (nSPS) is 11.6. The molecule has 0 spiro atoms. The molecule has 2 aromatic carbocycles. The highest BCUT2D eigenvalue weighted by Crippen LogP contribution is 2.30. The number of nitrogens with one attached hydrogen (secondary N) is 3. The minimum atomic E-state index is -4.55. The molecule has 38 heavy (non-hydrogen) atoms. The first-order valence-corrected chi connectivity index (χ1v) is 12.0. The van der Waals surface area contributed by atoms with Crippen molar-refractivity contribution < 1.29 is 17.9 Å². The average Bonchev–Trinajstić information content (AvgIpc) is 3.42. The highest BCUT2D eigenvalue weighted by molar-refractivity contribution is 6.33. The summed E-state index contributed by atoms with van der Waals surface area (Å²) in [5, 5.41) is 14.2. The van der Waals surface area contributed by atoms with Crippen molar-refractivity contribution in [2.75, 3.05) is 10.6 Å². The minimum Gasteiger partial charge on any atom is -0.438 e. The summed E-state index contributed by atoms with van der Waals surface area (Å²) in [5.74, 6) is 1.67. The Morgan fingerprint density at radius 2 is 1.87 bits per heavy atom. The zero-order chi connectivity index (χ0) is 26.9. The number of imidazole rings is 1. The van der Waals surface area contributed by atoms with Crippen molar-refractivity contribution >= 4 is 40.1 Å². The number of aromatic nitrogens is 6. The first kappa shape index (κ1) is 25.3. The zero-order valence-electron chi connectivity index (χ0n) is 20.3. The van der Waals surface area contributed by atoms with Gasteiger partial charge in [-0.25, -0.2) is 15.0 Å². The van der Waals surface area contributed by atoms with E-state index in [1.165, 1.54) is 0 Å². The topological polar surface area (TPSA) is 106 Å². The minimum absolute atomic E-state index is 0.0286. The number of aromatic amines is 1. The fourth-order valence-corrected chi connectivity index (χ4v) is 3.91. The molecule has 0 saturated carbocycles. The molecule has 0 radical (unpaired) electrons. The van der Waals surface area contributed by atoms with Gasteiger partial charge in [0.2, 0.25) is 11.8 Å². The van der Waals surface area contributed by atoms with E-state index in [9.17, 15) is 13.2 Å². The maximum Gasteiger partial charge on any atom is 0.434 e. The van der Waals surface area contributed by atoms with Crippen molar-refractivity contribution in [2.45, 2.75) is 33.1 Å². The number of hydrogen-bond acceptors (Lipinski definition) is 7. The molecule has 0 aliphatic carbocycles. The predicted octanol–water partition coefficient (Wildman–Crippen LogP) is 6.70. The molecular formula is C25H22ClF3N8O. The molecule has 3 aromatic heterocycles. The Bertz CT molecular complexity index is 1560. The van der Waals surface area contributed by atoms with E-state index < -0.39 is 11.9 Å². The highest BCUT2D eigenvalue weighted by Gasteiger charge is 2.32. The van der Waals surface area contributed by atoms with Gasteiger partial charge in [0.1, 0.15) is 10.8 Å². The van der Waals surface area contributed by atoms with E-state index in [0.717, 1.165) is 34.2 Å². The quantitative estimate of drug-likeness (QED) is 0.200. The maximum atomic E-state index is 12.6. The van der Waals surface area contributed by atoms with Gasteiger partial charge in [0, 0.05) is 18.8 Å². The van der Waals surface area contributed by atoms with E-state index in [0.29, 0.717) is 41.8 Å². The van der Waals surface area contributed by atoms with Crippen molar-refractivity contribution in [3.63, 3.8) is 0 Å². The molecule has 0 amide bonds. The van der Waals surface area contributed by atoms with E-state index >= 15 is 0 Å². The van der Waals surface area contributed by atoms with E-state index in [4.69, 9.17) is 21.3 Å². The van der Waals surface area contributed by atoms with Crippen LogP contribution >= 0.6 is 11.6 Å². The molecule has 0 atom stereocenters. The lowest BCUT2D eigenvalue weighted by atomic mass is 10.2. The van der Waals surface area contributed by atoms with Crippen LogP contribution in [-0.4, -0.2) is 29.7 Å². The lowest BCUT2D eigenvalue weighted by molar-refractivity contribution is -0.141. The van der Waals surface area contributed by atoms with E-state index in [1.807, 2.05) is 44.2 Å². The second-order valence-electron chi connectivity index (χ2n) is 8.36. The molecule has 0 aliphatic heterocycles. The van der Waals surface area contributed by atoms with Gasteiger partial charge >= 0.3 is 6.18 Å². The second-order valence-corrected chi connectivity index (χ2v) is 8.73. The van der Waals surface area contributed by atoms with Gasteiger partial charge in [0.05, 0.1) is 29.1 Å². The largest absolute Gasteiger partial charge is 0.438 e. The Kier molecular flexibility index (Phi) is 6.81. The molecule has 0 fully saturated rings. The van der Waals surface area contributed by atoms with Gasteiger partial charge in [-0.2, -0.15) is 18.3 Å². The molecule has 0 unspecified atom stereocenters. The number of ether oxygens (including phenoxy) is 1. The number of halogens is 4. The predicted molar refractivity (Wildman–Crippen MR) is 138 cm³/mol. The summed E-state index contributed by atoms with van der Waals surface area (Å²) < 4.78 is 45.5. The third-order valence-corrected chi connectivity index (χ3v) is 6.18. The number of fused-ring (bicyclic) bond motifs is 1. The van der Waals surface area contributed by atoms with Crippen LogP contribution in [0.5, 0.6) is 11.6 Å². The first-order valence-electron chi connectivity index (χ1n) is 11.6. The molecule has 5 rings (SSSR count). The van der Waals surface area contributed by atoms with Crippen molar-refractivity contribution in [3.05, 3.63) is 76.8 Å². The standard InChI is InChI=1S/C25H22ClF3N8O/c1-3-37-19-10-16(33-23-22(26)14(2)35-36-23)6-9-18(19)34-24(37)32-11-15-4-7-17(8-5-15)38-21-13-30-20(12-31-21)25(27,28)29/h4-10,12-13H,3,11H2,1-2H3,(H,32,34)(H2,33,35,36). The van der Waals surface area contributed by atoms with Crippen molar-refractivity contribution in [1.82, 2.24) is 29.7 Å². The molecule has 0 saturated heterocycles. The van der Waals surface area contributed by atoms with Crippen molar-refractivity contribution in [2.24, 2.45) is 0 Å². The van der Waals surface area contributed by atoms with Crippen molar-refractivity contribution in [3.8, 4) is 11.6 Å². The van der Waals surface area contributed by atoms with E-state index in [2.05, 4.69) is 35.4 Å². The smallest absolute Gasteiger partial charge is 0.434 e. The summed E-state index contributed by atoms with van der Waals surface area (Å²) in [7, 11) is 0. The molecule has 13 heteroatoms. The number of nitrogens with zero attached hydrogens (tertiary/aromatic N) is 5. The Balaban J connectivity index is 1.25. The molecule has 196 valence electrons. The Hall–Kier alpha value is -4.32. The van der Waals surface area contributed by atoms with Gasteiger partial charge in [-0.05, 0) is 49.7 Å². The van der Waals surface area contributed by atoms with Crippen LogP contribution in [0.15, 0.2) is 54.9 Å². The monoisotopic (exact) mass is 542 g/mol. The number of H-pyrrole nitrogens is 1. The van der Waals surface area contributed by atoms with Crippen molar-refractivity contribution in [1.29, 1.82) is 0 Å². The molecule has 3 N–H and O–H groups in total. The van der Waals surface area contributed by atoms with Crippen LogP contribution in [0, 0.1) is 6.92 Å². The Morgan fingerprint density at radius 1 is 1.08 bits per heavy atom. The fourth-order valence-electron chi connectivity index (χ4n) is 3.78. The number of alkyl halides is 3. The van der Waals surface area contributed by atoms with E-state index in [-0.39, 0.29) is 5.88 Å². The third kappa shape index (κ3) is 5.35. The molecule has 0 bridgehead atoms. The summed E-state index contributed by atoms with van der Waals surface area (Å²) >= 11 is 6.27. The maximum absolute atomic E-state index is 12.6. The van der Waals surface area contributed by atoms with Crippen LogP contribution in [0.4, 0.5) is 30.6 Å². The van der Waals surface area contributed by atoms with Crippen LogP contribution in [-0.2, 0) is 19.3 Å². The summed E-state index contributed by atoms with van der Waals surface area (Å²) in [6.07, 6.45) is -2.97. The van der Waals surface area contributed by atoms with Gasteiger partial charge in [-0.3, -0.25) is 5.10 Å². The average molecular weight is 543 g/mol. The second kappa shape index (κ2) is 10.2. The number of benzene rings is 2. The number of aryl methyl sites for hydroxylation is 2. The number of anilines is 3.